The Morgan fingerprint density at radius 2 is 1.90 bits per heavy atom. The molecule has 0 unspecified atom stereocenters. The zero-order valence-electron chi connectivity index (χ0n) is 10.9. The molecule has 0 aliphatic heterocycles. The predicted octanol–water partition coefficient (Wildman–Crippen LogP) is 1.95. The van der Waals surface area contributed by atoms with Crippen molar-refractivity contribution in [3.8, 4) is 6.01 Å². The van der Waals surface area contributed by atoms with Crippen molar-refractivity contribution >= 4 is 15.7 Å². The highest BCUT2D eigenvalue weighted by Gasteiger charge is 2.20. The Morgan fingerprint density at radius 1 is 1.24 bits per heavy atom. The summed E-state index contributed by atoms with van der Waals surface area (Å²) in [6.45, 7) is 2.10. The molecule has 0 saturated carbocycles. The number of hydrogen-bond acceptors (Lipinski definition) is 5. The molecule has 2 aromatic rings. The molecule has 6 nitrogen and oxygen atoms in total. The first-order valence-corrected chi connectivity index (χ1v) is 7.33. The highest BCUT2D eigenvalue weighted by molar-refractivity contribution is 7.92. The highest BCUT2D eigenvalue weighted by atomic mass is 32.2. The van der Waals surface area contributed by atoms with Crippen molar-refractivity contribution in [3.05, 3.63) is 42.2 Å². The summed E-state index contributed by atoms with van der Waals surface area (Å²) in [5, 5.41) is 0. The largest absolute Gasteiger partial charge is 0.464 e. The molecule has 0 saturated heterocycles. The van der Waals surface area contributed by atoms with Crippen LogP contribution in [0.25, 0.3) is 0 Å². The summed E-state index contributed by atoms with van der Waals surface area (Å²) >= 11 is 0. The van der Waals surface area contributed by atoms with E-state index in [2.05, 4.69) is 14.7 Å². The zero-order valence-corrected chi connectivity index (χ0v) is 11.7. The summed E-state index contributed by atoms with van der Waals surface area (Å²) in [5.41, 5.74) is 0.00196. The van der Waals surface area contributed by atoms with Crippen LogP contribution < -0.4 is 9.46 Å². The molecule has 2 rings (SSSR count). The molecular formula is C12H11F2N3O3S. The van der Waals surface area contributed by atoms with E-state index in [4.69, 9.17) is 4.74 Å². The van der Waals surface area contributed by atoms with Crippen LogP contribution in [-0.4, -0.2) is 25.0 Å². The van der Waals surface area contributed by atoms with Crippen molar-refractivity contribution in [2.45, 2.75) is 11.8 Å². The van der Waals surface area contributed by atoms with E-state index in [1.807, 2.05) is 0 Å². The maximum atomic E-state index is 13.5. The number of nitrogens with zero attached hydrogens (tertiary/aromatic N) is 2. The minimum absolute atomic E-state index is 0.00196. The Kier molecular flexibility index (Phi) is 4.32. The highest BCUT2D eigenvalue weighted by Crippen LogP contribution is 2.19. The molecule has 1 aromatic heterocycles. The van der Waals surface area contributed by atoms with Gasteiger partial charge >= 0.3 is 6.01 Å². The lowest BCUT2D eigenvalue weighted by Crippen LogP contribution is -2.15. The molecule has 9 heteroatoms. The number of sulfonamides is 1. The number of hydrogen-bond donors (Lipinski definition) is 1. The summed E-state index contributed by atoms with van der Waals surface area (Å²) < 4.78 is 57.6. The Morgan fingerprint density at radius 3 is 2.52 bits per heavy atom. The van der Waals surface area contributed by atoms with Gasteiger partial charge in [-0.25, -0.2) is 27.2 Å². The monoisotopic (exact) mass is 315 g/mol. The van der Waals surface area contributed by atoms with E-state index >= 15 is 0 Å². The second kappa shape index (κ2) is 6.00. The van der Waals surface area contributed by atoms with Gasteiger partial charge in [-0.3, -0.25) is 4.72 Å². The van der Waals surface area contributed by atoms with Crippen molar-refractivity contribution in [1.29, 1.82) is 0 Å². The van der Waals surface area contributed by atoms with Crippen LogP contribution in [0.1, 0.15) is 6.92 Å². The van der Waals surface area contributed by atoms with Crippen LogP contribution in [0.2, 0.25) is 0 Å². The fourth-order valence-corrected chi connectivity index (χ4v) is 2.58. The second-order valence-electron chi connectivity index (χ2n) is 3.87. The fourth-order valence-electron chi connectivity index (χ4n) is 1.47. The first kappa shape index (κ1) is 15.1. The SMILES string of the molecule is CCOc1ncc(NS(=O)(=O)c2cc(F)ccc2F)cn1. The van der Waals surface area contributed by atoms with Gasteiger partial charge in [0.15, 0.2) is 0 Å². The molecule has 112 valence electrons. The van der Waals surface area contributed by atoms with Crippen molar-refractivity contribution in [2.24, 2.45) is 0 Å². The van der Waals surface area contributed by atoms with E-state index < -0.39 is 26.6 Å². The minimum atomic E-state index is -4.28. The molecule has 1 N–H and O–H groups in total. The average molecular weight is 315 g/mol. The smallest absolute Gasteiger partial charge is 0.316 e. The van der Waals surface area contributed by atoms with E-state index in [-0.39, 0.29) is 11.7 Å². The van der Waals surface area contributed by atoms with Crippen LogP contribution in [-0.2, 0) is 10.0 Å². The third-order valence-corrected chi connectivity index (χ3v) is 3.73. The quantitative estimate of drug-likeness (QED) is 0.912. The number of aromatic nitrogens is 2. The van der Waals surface area contributed by atoms with Crippen LogP contribution in [0.3, 0.4) is 0 Å². The van der Waals surface area contributed by atoms with E-state index in [1.54, 1.807) is 6.92 Å². The number of nitrogens with one attached hydrogen (secondary N) is 1. The Labute approximate surface area is 119 Å². The van der Waals surface area contributed by atoms with E-state index in [0.717, 1.165) is 24.5 Å². The van der Waals surface area contributed by atoms with E-state index in [0.29, 0.717) is 12.7 Å². The van der Waals surface area contributed by atoms with Gasteiger partial charge in [-0.2, -0.15) is 0 Å². The first-order valence-electron chi connectivity index (χ1n) is 5.85. The van der Waals surface area contributed by atoms with Gasteiger partial charge in [-0.1, -0.05) is 0 Å². The molecule has 0 atom stereocenters. The van der Waals surface area contributed by atoms with Crippen LogP contribution >= 0.6 is 0 Å². The molecule has 1 aromatic carbocycles. The predicted molar refractivity (Wildman–Crippen MR) is 70.4 cm³/mol. The van der Waals surface area contributed by atoms with Gasteiger partial charge < -0.3 is 4.74 Å². The van der Waals surface area contributed by atoms with Gasteiger partial charge in [0.05, 0.1) is 24.7 Å². The van der Waals surface area contributed by atoms with Gasteiger partial charge in [-0.15, -0.1) is 0 Å². The topological polar surface area (TPSA) is 81.2 Å². The van der Waals surface area contributed by atoms with Crippen molar-refractivity contribution in [2.75, 3.05) is 11.3 Å². The molecular weight excluding hydrogens is 304 g/mol. The molecule has 0 bridgehead atoms. The normalized spacial score (nSPS) is 11.2. The minimum Gasteiger partial charge on any atom is -0.464 e. The number of rotatable bonds is 5. The number of benzene rings is 1. The molecule has 0 aliphatic carbocycles. The maximum Gasteiger partial charge on any atom is 0.316 e. The molecule has 0 aliphatic rings. The summed E-state index contributed by atoms with van der Waals surface area (Å²) in [4.78, 5) is 6.72. The van der Waals surface area contributed by atoms with Crippen LogP contribution in [0, 0.1) is 11.6 Å². The van der Waals surface area contributed by atoms with Crippen LogP contribution in [0.5, 0.6) is 6.01 Å². The Balaban J connectivity index is 2.26. The fraction of sp³-hybridized carbons (Fsp3) is 0.167. The average Bonchev–Trinajstić information content (AvgIpc) is 2.43. The van der Waals surface area contributed by atoms with Crippen LogP contribution in [0.4, 0.5) is 14.5 Å². The zero-order chi connectivity index (χ0) is 15.5. The third-order valence-electron chi connectivity index (χ3n) is 2.34. The lowest BCUT2D eigenvalue weighted by atomic mass is 10.3. The lowest BCUT2D eigenvalue weighted by molar-refractivity contribution is 0.312. The van der Waals surface area contributed by atoms with Crippen molar-refractivity contribution < 1.29 is 21.9 Å². The standard InChI is InChI=1S/C12H11F2N3O3S/c1-2-20-12-15-6-9(7-16-12)17-21(18,19)11-5-8(13)3-4-10(11)14/h3-7,17H,2H2,1H3. The molecule has 0 spiro atoms. The Hall–Kier alpha value is -2.29. The van der Waals surface area contributed by atoms with Crippen molar-refractivity contribution in [1.82, 2.24) is 9.97 Å². The third kappa shape index (κ3) is 3.63. The van der Waals surface area contributed by atoms with Gasteiger partial charge in [0.2, 0.25) is 0 Å². The summed E-state index contributed by atoms with van der Waals surface area (Å²) in [6.07, 6.45) is 2.32. The second-order valence-corrected chi connectivity index (χ2v) is 5.52. The summed E-state index contributed by atoms with van der Waals surface area (Å²) in [6, 6.07) is 2.23. The molecule has 21 heavy (non-hydrogen) atoms. The van der Waals surface area contributed by atoms with Gasteiger partial charge in [-0.05, 0) is 25.1 Å². The van der Waals surface area contributed by atoms with E-state index in [1.165, 1.54) is 0 Å². The number of ether oxygens (including phenoxy) is 1. The molecule has 1 heterocycles. The number of halogens is 2. The molecule has 0 amide bonds. The summed E-state index contributed by atoms with van der Waals surface area (Å²) in [7, 11) is -4.28. The molecule has 0 radical (unpaired) electrons. The summed E-state index contributed by atoms with van der Waals surface area (Å²) in [5.74, 6) is -1.92. The number of anilines is 1. The molecule has 0 fully saturated rings. The first-order chi connectivity index (χ1) is 9.92. The van der Waals surface area contributed by atoms with Gasteiger partial charge in [0, 0.05) is 0 Å². The maximum absolute atomic E-state index is 13.5. The van der Waals surface area contributed by atoms with Gasteiger partial charge in [0.1, 0.15) is 16.5 Å². The van der Waals surface area contributed by atoms with Crippen molar-refractivity contribution in [3.63, 3.8) is 0 Å². The Bertz CT molecular complexity index is 736. The lowest BCUT2D eigenvalue weighted by Gasteiger charge is -2.08. The van der Waals surface area contributed by atoms with Crippen LogP contribution in [0.15, 0.2) is 35.5 Å². The van der Waals surface area contributed by atoms with E-state index in [9.17, 15) is 17.2 Å². The van der Waals surface area contributed by atoms with Gasteiger partial charge in [0.25, 0.3) is 10.0 Å².